The first kappa shape index (κ1) is 16.0. The molecule has 1 aliphatic rings. The maximum absolute atomic E-state index is 12.5. The summed E-state index contributed by atoms with van der Waals surface area (Å²) in [6.07, 6.45) is 0.442. The molecule has 0 aliphatic carbocycles. The van der Waals surface area contributed by atoms with Crippen LogP contribution in [0.4, 0.5) is 5.69 Å². The van der Waals surface area contributed by atoms with E-state index in [1.807, 2.05) is 30.3 Å². The number of carboxylic acids is 1. The Labute approximate surface area is 129 Å². The molecule has 1 N–H and O–H groups in total. The van der Waals surface area contributed by atoms with E-state index in [1.165, 1.54) is 0 Å². The Morgan fingerprint density at radius 3 is 2.55 bits per heavy atom. The van der Waals surface area contributed by atoms with Gasteiger partial charge in [0.15, 0.2) is 0 Å². The van der Waals surface area contributed by atoms with E-state index >= 15 is 0 Å². The molecular weight excluding hydrogens is 284 g/mol. The Kier molecular flexibility index (Phi) is 5.14. The Balaban J connectivity index is 1.91. The van der Waals surface area contributed by atoms with Gasteiger partial charge in [0.1, 0.15) is 0 Å². The van der Waals surface area contributed by atoms with Crippen LogP contribution in [0.25, 0.3) is 0 Å². The van der Waals surface area contributed by atoms with Crippen molar-refractivity contribution in [1.82, 2.24) is 4.90 Å². The van der Waals surface area contributed by atoms with Crippen molar-refractivity contribution in [3.63, 3.8) is 0 Å². The van der Waals surface area contributed by atoms with E-state index in [4.69, 9.17) is 5.11 Å². The third kappa shape index (κ3) is 3.84. The molecule has 1 aromatic rings. The number of likely N-dealkylation sites (tertiary alicyclic amines) is 1. The van der Waals surface area contributed by atoms with Gasteiger partial charge >= 0.3 is 5.97 Å². The summed E-state index contributed by atoms with van der Waals surface area (Å²) >= 11 is 0. The van der Waals surface area contributed by atoms with Crippen LogP contribution in [0.15, 0.2) is 30.3 Å². The van der Waals surface area contributed by atoms with E-state index in [0.717, 1.165) is 5.69 Å². The van der Waals surface area contributed by atoms with Crippen LogP contribution in [0.1, 0.15) is 19.3 Å². The molecule has 2 amide bonds. The maximum atomic E-state index is 12.5. The van der Waals surface area contributed by atoms with Gasteiger partial charge in [0.2, 0.25) is 11.8 Å². The summed E-state index contributed by atoms with van der Waals surface area (Å²) < 4.78 is 0. The Bertz CT molecular complexity index is 559. The number of aliphatic carboxylic acids is 1. The third-order valence-electron chi connectivity index (χ3n) is 3.92. The molecule has 0 aromatic heterocycles. The van der Waals surface area contributed by atoms with Gasteiger partial charge in [-0.05, 0) is 18.6 Å². The number of carboxylic acid groups (broad SMARTS) is 1. The fraction of sp³-hybridized carbons (Fsp3) is 0.438. The van der Waals surface area contributed by atoms with Crippen molar-refractivity contribution in [3.05, 3.63) is 30.3 Å². The number of rotatable bonds is 5. The molecule has 2 rings (SSSR count). The van der Waals surface area contributed by atoms with Gasteiger partial charge in [0.25, 0.3) is 0 Å². The highest BCUT2D eigenvalue weighted by Gasteiger charge is 2.32. The third-order valence-corrected chi connectivity index (χ3v) is 3.92. The minimum absolute atomic E-state index is 0.00916. The molecule has 1 fully saturated rings. The topological polar surface area (TPSA) is 77.9 Å². The number of hydrogen-bond acceptors (Lipinski definition) is 3. The predicted octanol–water partition coefficient (Wildman–Crippen LogP) is 1.36. The van der Waals surface area contributed by atoms with Gasteiger partial charge in [-0.25, -0.2) is 0 Å². The van der Waals surface area contributed by atoms with Gasteiger partial charge < -0.3 is 14.9 Å². The maximum Gasteiger partial charge on any atom is 0.303 e. The first-order valence-corrected chi connectivity index (χ1v) is 7.31. The van der Waals surface area contributed by atoms with Crippen LogP contribution in [-0.4, -0.2) is 47.9 Å². The van der Waals surface area contributed by atoms with E-state index in [2.05, 4.69) is 0 Å². The largest absolute Gasteiger partial charge is 0.481 e. The van der Waals surface area contributed by atoms with Crippen molar-refractivity contribution in [2.75, 3.05) is 25.0 Å². The lowest BCUT2D eigenvalue weighted by atomic mass is 10.1. The zero-order chi connectivity index (χ0) is 16.1. The summed E-state index contributed by atoms with van der Waals surface area (Å²) in [7, 11) is 1.73. The molecule has 1 aliphatic heterocycles. The van der Waals surface area contributed by atoms with Crippen molar-refractivity contribution in [3.8, 4) is 0 Å². The van der Waals surface area contributed by atoms with Crippen LogP contribution in [-0.2, 0) is 14.4 Å². The first-order chi connectivity index (χ1) is 10.5. The van der Waals surface area contributed by atoms with E-state index in [0.29, 0.717) is 19.5 Å². The van der Waals surface area contributed by atoms with Crippen LogP contribution in [0.2, 0.25) is 0 Å². The second kappa shape index (κ2) is 7.06. The zero-order valence-electron chi connectivity index (χ0n) is 12.6. The number of para-hydroxylation sites is 1. The van der Waals surface area contributed by atoms with Gasteiger partial charge in [-0.3, -0.25) is 14.4 Å². The highest BCUT2D eigenvalue weighted by molar-refractivity contribution is 5.95. The van der Waals surface area contributed by atoms with Crippen molar-refractivity contribution in [2.24, 2.45) is 5.92 Å². The summed E-state index contributed by atoms with van der Waals surface area (Å²) in [6, 6.07) is 9.36. The Hall–Kier alpha value is -2.37. The van der Waals surface area contributed by atoms with Crippen molar-refractivity contribution in [1.29, 1.82) is 0 Å². The van der Waals surface area contributed by atoms with Gasteiger partial charge in [-0.15, -0.1) is 0 Å². The summed E-state index contributed by atoms with van der Waals surface area (Å²) in [5, 5.41) is 8.61. The smallest absolute Gasteiger partial charge is 0.303 e. The van der Waals surface area contributed by atoms with Crippen LogP contribution >= 0.6 is 0 Å². The molecule has 22 heavy (non-hydrogen) atoms. The molecule has 0 radical (unpaired) electrons. The number of hydrogen-bond donors (Lipinski definition) is 1. The summed E-state index contributed by atoms with van der Waals surface area (Å²) in [6.45, 7) is 0.881. The van der Waals surface area contributed by atoms with E-state index in [-0.39, 0.29) is 30.6 Å². The highest BCUT2D eigenvalue weighted by Crippen LogP contribution is 2.22. The van der Waals surface area contributed by atoms with E-state index in [9.17, 15) is 14.4 Å². The van der Waals surface area contributed by atoms with Crippen molar-refractivity contribution < 1.29 is 19.5 Å². The van der Waals surface area contributed by atoms with Crippen molar-refractivity contribution in [2.45, 2.75) is 19.3 Å². The highest BCUT2D eigenvalue weighted by atomic mass is 16.4. The molecule has 118 valence electrons. The number of carbonyl (C=O) groups excluding carboxylic acids is 2. The fourth-order valence-corrected chi connectivity index (χ4v) is 2.61. The Morgan fingerprint density at radius 1 is 1.23 bits per heavy atom. The molecule has 1 unspecified atom stereocenters. The standard InChI is InChI=1S/C16H20N2O4/c1-17(13-5-3-2-4-6-13)16(22)12-9-10-18(11-12)14(19)7-8-15(20)21/h2-6,12H,7-11H2,1H3,(H,20,21). The van der Waals surface area contributed by atoms with Crippen LogP contribution < -0.4 is 4.90 Å². The normalized spacial score (nSPS) is 17.3. The van der Waals surface area contributed by atoms with Gasteiger partial charge in [0, 0.05) is 32.2 Å². The number of anilines is 1. The molecule has 1 saturated heterocycles. The minimum Gasteiger partial charge on any atom is -0.481 e. The van der Waals surface area contributed by atoms with Gasteiger partial charge in [-0.1, -0.05) is 18.2 Å². The second-order valence-corrected chi connectivity index (χ2v) is 5.45. The van der Waals surface area contributed by atoms with E-state index in [1.54, 1.807) is 16.8 Å². The molecule has 1 heterocycles. The molecule has 1 atom stereocenters. The summed E-state index contributed by atoms with van der Waals surface area (Å²) in [4.78, 5) is 38.1. The average Bonchev–Trinajstić information content (AvgIpc) is 3.02. The van der Waals surface area contributed by atoms with Crippen LogP contribution in [0.3, 0.4) is 0 Å². The molecule has 0 spiro atoms. The average molecular weight is 304 g/mol. The monoisotopic (exact) mass is 304 g/mol. The Morgan fingerprint density at radius 2 is 1.91 bits per heavy atom. The van der Waals surface area contributed by atoms with Gasteiger partial charge in [-0.2, -0.15) is 0 Å². The number of benzene rings is 1. The molecule has 6 heteroatoms. The molecule has 0 bridgehead atoms. The van der Waals surface area contributed by atoms with Gasteiger partial charge in [0.05, 0.1) is 12.3 Å². The minimum atomic E-state index is -0.982. The lowest BCUT2D eigenvalue weighted by molar-refractivity contribution is -0.140. The lowest BCUT2D eigenvalue weighted by Crippen LogP contribution is -2.36. The van der Waals surface area contributed by atoms with Crippen LogP contribution in [0.5, 0.6) is 0 Å². The number of nitrogens with zero attached hydrogens (tertiary/aromatic N) is 2. The van der Waals surface area contributed by atoms with Crippen LogP contribution in [0, 0.1) is 5.92 Å². The van der Waals surface area contributed by atoms with E-state index < -0.39 is 5.97 Å². The molecule has 6 nitrogen and oxygen atoms in total. The molecule has 1 aromatic carbocycles. The fourth-order valence-electron chi connectivity index (χ4n) is 2.61. The predicted molar refractivity (Wildman–Crippen MR) is 81.4 cm³/mol. The quantitative estimate of drug-likeness (QED) is 0.891. The number of amides is 2. The molecule has 0 saturated carbocycles. The summed E-state index contributed by atoms with van der Waals surface area (Å²) in [5.41, 5.74) is 0.822. The molecular formula is C16H20N2O4. The van der Waals surface area contributed by atoms with Crippen molar-refractivity contribution >= 4 is 23.5 Å². The number of carbonyl (C=O) groups is 3. The zero-order valence-corrected chi connectivity index (χ0v) is 12.6. The summed E-state index contributed by atoms with van der Waals surface area (Å²) in [5.74, 6) is -1.41. The SMILES string of the molecule is CN(C(=O)C1CCN(C(=O)CCC(=O)O)C1)c1ccccc1. The first-order valence-electron chi connectivity index (χ1n) is 7.31. The lowest BCUT2D eigenvalue weighted by Gasteiger charge is -2.21. The second-order valence-electron chi connectivity index (χ2n) is 5.45.